The summed E-state index contributed by atoms with van der Waals surface area (Å²) in [6.07, 6.45) is 1.13. The molecule has 0 spiro atoms. The van der Waals surface area contributed by atoms with Crippen LogP contribution >= 0.6 is 11.3 Å². The van der Waals surface area contributed by atoms with Crippen molar-refractivity contribution in [1.82, 2.24) is 0 Å². The van der Waals surface area contributed by atoms with Gasteiger partial charge in [0, 0.05) is 4.88 Å². The third-order valence-corrected chi connectivity index (χ3v) is 3.27. The second-order valence-electron chi connectivity index (χ2n) is 3.58. The molecule has 3 heteroatoms. The zero-order chi connectivity index (χ0) is 10.7. The van der Waals surface area contributed by atoms with Gasteiger partial charge in [0.1, 0.15) is 17.6 Å². The van der Waals surface area contributed by atoms with E-state index >= 15 is 0 Å². The molecule has 1 atom stereocenters. The first kappa shape index (κ1) is 10.5. The molecular formula is C12H14O2S. The Morgan fingerprint density at radius 2 is 2.27 bits per heavy atom. The minimum atomic E-state index is -0.485. The first-order valence-electron chi connectivity index (χ1n) is 5.02. The van der Waals surface area contributed by atoms with Crippen LogP contribution in [0.15, 0.2) is 34.1 Å². The van der Waals surface area contributed by atoms with E-state index in [1.165, 1.54) is 4.88 Å². The maximum absolute atomic E-state index is 9.84. The predicted octanol–water partition coefficient (Wildman–Crippen LogP) is 3.32. The molecule has 2 nitrogen and oxygen atoms in total. The Kier molecular flexibility index (Phi) is 3.23. The van der Waals surface area contributed by atoms with E-state index in [2.05, 4.69) is 11.4 Å². The number of rotatable bonds is 4. The van der Waals surface area contributed by atoms with Crippen LogP contribution in [0.25, 0.3) is 0 Å². The van der Waals surface area contributed by atoms with Gasteiger partial charge in [-0.2, -0.15) is 0 Å². The van der Waals surface area contributed by atoms with Crippen molar-refractivity contribution in [1.29, 1.82) is 0 Å². The smallest absolute Gasteiger partial charge is 0.132 e. The minimum Gasteiger partial charge on any atom is -0.464 e. The molecule has 2 rings (SSSR count). The highest BCUT2D eigenvalue weighted by Gasteiger charge is 2.11. The van der Waals surface area contributed by atoms with Crippen molar-refractivity contribution in [3.63, 3.8) is 0 Å². The summed E-state index contributed by atoms with van der Waals surface area (Å²) in [4.78, 5) is 1.30. The quantitative estimate of drug-likeness (QED) is 0.861. The second kappa shape index (κ2) is 4.64. The third-order valence-electron chi connectivity index (χ3n) is 2.33. The van der Waals surface area contributed by atoms with Crippen molar-refractivity contribution in [2.24, 2.45) is 0 Å². The number of hydrogen-bond acceptors (Lipinski definition) is 3. The maximum atomic E-state index is 9.84. The lowest BCUT2D eigenvalue weighted by atomic mass is 10.1. The molecule has 2 heterocycles. The van der Waals surface area contributed by atoms with Crippen molar-refractivity contribution in [2.75, 3.05) is 0 Å². The van der Waals surface area contributed by atoms with Crippen LogP contribution in [0.3, 0.4) is 0 Å². The van der Waals surface area contributed by atoms with Crippen molar-refractivity contribution < 1.29 is 9.52 Å². The van der Waals surface area contributed by atoms with E-state index in [0.29, 0.717) is 12.2 Å². The van der Waals surface area contributed by atoms with Gasteiger partial charge in [-0.15, -0.1) is 11.3 Å². The van der Waals surface area contributed by atoms with E-state index in [-0.39, 0.29) is 0 Å². The molecule has 80 valence electrons. The Morgan fingerprint density at radius 3 is 2.87 bits per heavy atom. The van der Waals surface area contributed by atoms with Gasteiger partial charge in [0.05, 0.1) is 0 Å². The summed E-state index contributed by atoms with van der Waals surface area (Å²) in [5.74, 6) is 1.52. The summed E-state index contributed by atoms with van der Waals surface area (Å²) in [7, 11) is 0. The monoisotopic (exact) mass is 222 g/mol. The lowest BCUT2D eigenvalue weighted by Gasteiger charge is -2.05. The van der Waals surface area contributed by atoms with Crippen molar-refractivity contribution in [3.8, 4) is 0 Å². The summed E-state index contributed by atoms with van der Waals surface area (Å²) >= 11 is 1.72. The van der Waals surface area contributed by atoms with Crippen LogP contribution < -0.4 is 0 Å². The van der Waals surface area contributed by atoms with Gasteiger partial charge in [0.2, 0.25) is 0 Å². The first-order valence-corrected chi connectivity index (χ1v) is 5.90. The molecule has 2 aromatic rings. The highest BCUT2D eigenvalue weighted by Crippen LogP contribution is 2.22. The summed E-state index contributed by atoms with van der Waals surface area (Å²) < 4.78 is 5.37. The zero-order valence-corrected chi connectivity index (χ0v) is 9.46. The average Bonchev–Trinajstić information content (AvgIpc) is 2.84. The van der Waals surface area contributed by atoms with Gasteiger partial charge in [0.25, 0.3) is 0 Å². The number of aliphatic hydroxyl groups is 1. The van der Waals surface area contributed by atoms with E-state index in [1.807, 2.05) is 25.1 Å². The molecule has 0 bridgehead atoms. The molecule has 15 heavy (non-hydrogen) atoms. The lowest BCUT2D eigenvalue weighted by molar-refractivity contribution is 0.139. The topological polar surface area (TPSA) is 33.4 Å². The van der Waals surface area contributed by atoms with Gasteiger partial charge in [-0.25, -0.2) is 0 Å². The molecule has 0 fully saturated rings. The summed E-state index contributed by atoms with van der Waals surface area (Å²) in [6, 6.07) is 7.84. The van der Waals surface area contributed by atoms with Gasteiger partial charge in [-0.1, -0.05) is 6.07 Å². The lowest BCUT2D eigenvalue weighted by Crippen LogP contribution is -1.97. The molecule has 0 amide bonds. The number of furan rings is 1. The molecule has 0 aromatic carbocycles. The molecule has 0 aliphatic heterocycles. The fraction of sp³-hybridized carbons (Fsp3) is 0.333. The van der Waals surface area contributed by atoms with Crippen LogP contribution in [0.2, 0.25) is 0 Å². The second-order valence-corrected chi connectivity index (χ2v) is 4.61. The normalized spacial score (nSPS) is 12.9. The van der Waals surface area contributed by atoms with E-state index in [0.717, 1.165) is 12.2 Å². The Labute approximate surface area is 93.2 Å². The maximum Gasteiger partial charge on any atom is 0.132 e. The van der Waals surface area contributed by atoms with Crippen LogP contribution in [-0.4, -0.2) is 5.11 Å². The predicted molar refractivity (Wildman–Crippen MR) is 61.0 cm³/mol. The van der Waals surface area contributed by atoms with E-state index in [4.69, 9.17) is 4.42 Å². The molecule has 1 N–H and O–H groups in total. The highest BCUT2D eigenvalue weighted by atomic mass is 32.1. The highest BCUT2D eigenvalue weighted by molar-refractivity contribution is 7.09. The van der Waals surface area contributed by atoms with Gasteiger partial charge < -0.3 is 9.52 Å². The zero-order valence-electron chi connectivity index (χ0n) is 8.64. The number of aliphatic hydroxyl groups excluding tert-OH is 1. The van der Waals surface area contributed by atoms with Crippen molar-refractivity contribution >= 4 is 11.3 Å². The van der Waals surface area contributed by atoms with Gasteiger partial charge in [-0.05, 0) is 43.3 Å². The fourth-order valence-electron chi connectivity index (χ4n) is 1.51. The van der Waals surface area contributed by atoms with Gasteiger partial charge in [0.15, 0.2) is 0 Å². The number of aryl methyl sites for hydroxylation is 2. The largest absolute Gasteiger partial charge is 0.464 e. The standard InChI is InChI=1S/C12H14O2S/c1-9-4-7-12(14-9)11(13)6-5-10-3-2-8-15-10/h2-4,7-8,11,13H,5-6H2,1H3. The molecule has 0 radical (unpaired) electrons. The fourth-order valence-corrected chi connectivity index (χ4v) is 2.23. The Bertz CT molecular complexity index is 403. The average molecular weight is 222 g/mol. The number of thiophene rings is 1. The van der Waals surface area contributed by atoms with Crippen molar-refractivity contribution in [2.45, 2.75) is 25.9 Å². The third kappa shape index (κ3) is 2.70. The van der Waals surface area contributed by atoms with E-state index in [9.17, 15) is 5.11 Å². The Morgan fingerprint density at radius 1 is 1.40 bits per heavy atom. The van der Waals surface area contributed by atoms with Crippen molar-refractivity contribution in [3.05, 3.63) is 46.0 Å². The van der Waals surface area contributed by atoms with Crippen LogP contribution in [0.5, 0.6) is 0 Å². The van der Waals surface area contributed by atoms with Crippen LogP contribution in [0.1, 0.15) is 28.9 Å². The SMILES string of the molecule is Cc1ccc(C(O)CCc2cccs2)o1. The van der Waals surface area contributed by atoms with Crippen LogP contribution in [0, 0.1) is 6.92 Å². The summed E-state index contributed by atoms with van der Waals surface area (Å²) in [5.41, 5.74) is 0. The van der Waals surface area contributed by atoms with Crippen LogP contribution in [0.4, 0.5) is 0 Å². The molecule has 0 aliphatic rings. The number of hydrogen-bond donors (Lipinski definition) is 1. The van der Waals surface area contributed by atoms with Gasteiger partial charge >= 0.3 is 0 Å². The molecule has 1 unspecified atom stereocenters. The Hall–Kier alpha value is -1.06. The van der Waals surface area contributed by atoms with Gasteiger partial charge in [-0.3, -0.25) is 0 Å². The van der Waals surface area contributed by atoms with E-state index < -0.39 is 6.10 Å². The van der Waals surface area contributed by atoms with Crippen LogP contribution in [-0.2, 0) is 6.42 Å². The Balaban J connectivity index is 1.90. The molecular weight excluding hydrogens is 208 g/mol. The summed E-state index contributed by atoms with van der Waals surface area (Å²) in [6.45, 7) is 1.88. The van der Waals surface area contributed by atoms with E-state index in [1.54, 1.807) is 11.3 Å². The molecule has 0 saturated heterocycles. The molecule has 0 aliphatic carbocycles. The molecule has 2 aromatic heterocycles. The molecule has 0 saturated carbocycles. The minimum absolute atomic E-state index is 0.485. The summed E-state index contributed by atoms with van der Waals surface area (Å²) in [5, 5.41) is 11.9. The first-order chi connectivity index (χ1) is 7.25.